The first-order valence-corrected chi connectivity index (χ1v) is 21.7. The molecule has 64 heavy (non-hydrogen) atoms. The fraction of sp³-hybridized carbons (Fsp3) is 0.143. The summed E-state index contributed by atoms with van der Waals surface area (Å²) in [7, 11) is -14.8. The fourth-order valence-corrected chi connectivity index (χ4v) is 5.89. The quantitative estimate of drug-likeness (QED) is 0.130. The Labute approximate surface area is 381 Å². The summed E-state index contributed by atoms with van der Waals surface area (Å²) >= 11 is 0. The molecule has 0 spiro atoms. The predicted molar refractivity (Wildman–Crippen MR) is 200 cm³/mol. The number of hydrogen-bond acceptors (Lipinski definition) is 18. The number of nitrogens with zero attached hydrogens (tertiary/aromatic N) is 6. The van der Waals surface area contributed by atoms with Gasteiger partial charge in [-0.3, -0.25) is 29.9 Å². The molecule has 6 aromatic heterocycles. The number of halogens is 3. The molecule has 9 rings (SSSR count). The maximum absolute atomic E-state index is 8.49. The predicted octanol–water partition coefficient (Wildman–Crippen LogP) is -4.07. The molecule has 0 aliphatic carbocycles. The summed E-state index contributed by atoms with van der Waals surface area (Å²) in [5, 5.41) is 6.90. The summed E-state index contributed by atoms with van der Waals surface area (Å²) in [6.07, 6.45) is 0. The van der Waals surface area contributed by atoms with Crippen LogP contribution in [0.2, 0.25) is 0 Å². The molecule has 0 aliphatic rings. The smallest absolute Gasteiger partial charge is 0.251 e. The Morgan fingerprint density at radius 3 is 0.438 bits per heavy atom. The number of rotatable bonds is 0. The molecule has 0 aliphatic heterocycles. The van der Waals surface area contributed by atoms with Crippen LogP contribution in [-0.2, 0) is 16.8 Å². The third kappa shape index (κ3) is 17.9. The molecule has 0 bridgehead atoms. The molecular formula is C42H36Cl3CoN6O12. The summed E-state index contributed by atoms with van der Waals surface area (Å²) < 4.78 is 102. The molecule has 0 unspecified atom stereocenters. The second-order valence-corrected chi connectivity index (χ2v) is 15.7. The van der Waals surface area contributed by atoms with E-state index < -0.39 is 30.7 Å². The topological polar surface area (TPSA) is 354 Å². The van der Waals surface area contributed by atoms with Gasteiger partial charge in [0.15, 0.2) is 0 Å². The molecule has 0 amide bonds. The Hall–Kier alpha value is -4.98. The zero-order chi connectivity index (χ0) is 46.9. The van der Waals surface area contributed by atoms with E-state index in [1.165, 1.54) is 0 Å². The van der Waals surface area contributed by atoms with Crippen molar-refractivity contribution in [3.05, 3.63) is 143 Å². The second-order valence-electron chi connectivity index (χ2n) is 13.5. The number of hydrogen-bond donors (Lipinski definition) is 0. The van der Waals surface area contributed by atoms with Crippen molar-refractivity contribution in [2.75, 3.05) is 0 Å². The van der Waals surface area contributed by atoms with Gasteiger partial charge in [0.2, 0.25) is 0 Å². The minimum absolute atomic E-state index is 0. The van der Waals surface area contributed by atoms with Crippen LogP contribution in [0, 0.1) is 72.3 Å². The van der Waals surface area contributed by atoms with Crippen molar-refractivity contribution in [2.24, 2.45) is 0 Å². The number of aryl methyl sites for hydroxylation is 6. The van der Waals surface area contributed by atoms with Crippen LogP contribution in [0.25, 0.3) is 65.4 Å². The third-order valence-corrected chi connectivity index (χ3v) is 8.39. The molecule has 22 heteroatoms. The van der Waals surface area contributed by atoms with Gasteiger partial charge < -0.3 is 0 Å². The zero-order valence-corrected chi connectivity index (χ0v) is 37.8. The van der Waals surface area contributed by atoms with Gasteiger partial charge in [-0.2, -0.15) is 0 Å². The van der Waals surface area contributed by atoms with Crippen LogP contribution >= 0.6 is 0 Å². The van der Waals surface area contributed by atoms with E-state index in [1.807, 2.05) is 77.9 Å². The van der Waals surface area contributed by atoms with Crippen molar-refractivity contribution in [1.29, 1.82) is 0 Å². The number of fused-ring (bicyclic) bond motifs is 9. The molecule has 3 aromatic carbocycles. The number of benzene rings is 3. The van der Waals surface area contributed by atoms with E-state index in [9.17, 15) is 0 Å². The maximum Gasteiger partial charge on any atom is 3.00 e. The normalized spacial score (nSPS) is 11.2. The Bertz CT molecular complexity index is 2490. The van der Waals surface area contributed by atoms with E-state index in [0.717, 1.165) is 99.6 Å². The Balaban J connectivity index is 0.000000219. The first kappa shape index (κ1) is 53.4. The average Bonchev–Trinajstić information content (AvgIpc) is 3.16. The summed E-state index contributed by atoms with van der Waals surface area (Å²) in [6.45, 7) is 12.0. The standard InChI is InChI=1S/3C14H12N2.3ClHO4.Co/c3*1-9-3-5-11-7-8-12-6-4-10(2)16-14(12)13(11)15-9;3*2-1(3,4)5;/h3*3-8H,1-2H3;3*(H,2,3,4,5);/q;;;;;;+3/p-3. The molecule has 0 saturated heterocycles. The Morgan fingerprint density at radius 1 is 0.234 bits per heavy atom. The van der Waals surface area contributed by atoms with Crippen LogP contribution in [0.4, 0.5) is 0 Å². The first-order valence-electron chi connectivity index (χ1n) is 18.0. The minimum atomic E-state index is -4.94. The summed E-state index contributed by atoms with van der Waals surface area (Å²) in [4.78, 5) is 27.5. The van der Waals surface area contributed by atoms with Gasteiger partial charge >= 0.3 is 16.8 Å². The molecule has 18 nitrogen and oxygen atoms in total. The first-order chi connectivity index (χ1) is 29.2. The van der Waals surface area contributed by atoms with Gasteiger partial charge in [-0.05, 0) is 77.9 Å². The van der Waals surface area contributed by atoms with Crippen molar-refractivity contribution >= 4 is 65.4 Å². The van der Waals surface area contributed by atoms with Gasteiger partial charge in [0.25, 0.3) is 0 Å². The maximum atomic E-state index is 8.49. The largest absolute Gasteiger partial charge is 3.00 e. The minimum Gasteiger partial charge on any atom is -0.251 e. The van der Waals surface area contributed by atoms with E-state index in [0.29, 0.717) is 0 Å². The van der Waals surface area contributed by atoms with Gasteiger partial charge in [0, 0.05) is 66.5 Å². The summed E-state index contributed by atoms with van der Waals surface area (Å²) in [6, 6.07) is 37.4. The van der Waals surface area contributed by atoms with E-state index in [1.54, 1.807) is 0 Å². The molecule has 9 aromatic rings. The summed E-state index contributed by atoms with van der Waals surface area (Å²) in [5.74, 6) is 0. The van der Waals surface area contributed by atoms with Crippen molar-refractivity contribution in [2.45, 2.75) is 41.5 Å². The third-order valence-electron chi connectivity index (χ3n) is 8.39. The van der Waals surface area contributed by atoms with E-state index in [2.05, 4.69) is 103 Å². The average molecular weight is 982 g/mol. The molecule has 336 valence electrons. The number of aromatic nitrogens is 6. The van der Waals surface area contributed by atoms with Crippen LogP contribution in [0.15, 0.2) is 109 Å². The van der Waals surface area contributed by atoms with Crippen molar-refractivity contribution < 1.29 is 103 Å². The zero-order valence-electron chi connectivity index (χ0n) is 34.4. The van der Waals surface area contributed by atoms with Gasteiger partial charge in [-0.15, -0.1) is 30.7 Å². The molecular weight excluding hydrogens is 946 g/mol. The van der Waals surface area contributed by atoms with E-state index in [4.69, 9.17) is 55.9 Å². The fourth-order valence-electron chi connectivity index (χ4n) is 5.89. The van der Waals surface area contributed by atoms with E-state index >= 15 is 0 Å². The number of pyridine rings is 6. The molecule has 6 heterocycles. The van der Waals surface area contributed by atoms with Gasteiger partial charge in [0.05, 0.1) is 33.1 Å². The Morgan fingerprint density at radius 2 is 0.328 bits per heavy atom. The van der Waals surface area contributed by atoms with Crippen molar-refractivity contribution in [3.63, 3.8) is 0 Å². The molecule has 0 atom stereocenters. The molecule has 0 radical (unpaired) electrons. The summed E-state index contributed by atoms with van der Waals surface area (Å²) in [5.41, 5.74) is 12.2. The van der Waals surface area contributed by atoms with Crippen molar-refractivity contribution in [1.82, 2.24) is 29.9 Å². The Kier molecular flexibility index (Phi) is 19.0. The molecule has 0 N–H and O–H groups in total. The van der Waals surface area contributed by atoms with Crippen LogP contribution in [-0.4, -0.2) is 29.9 Å². The van der Waals surface area contributed by atoms with Crippen molar-refractivity contribution in [3.8, 4) is 0 Å². The second kappa shape index (κ2) is 22.8. The van der Waals surface area contributed by atoms with E-state index in [-0.39, 0.29) is 16.8 Å². The van der Waals surface area contributed by atoms with Gasteiger partial charge in [-0.25, -0.2) is 55.9 Å². The van der Waals surface area contributed by atoms with Crippen LogP contribution < -0.4 is 55.9 Å². The van der Waals surface area contributed by atoms with Crippen LogP contribution in [0.3, 0.4) is 0 Å². The van der Waals surface area contributed by atoms with Gasteiger partial charge in [-0.1, -0.05) is 72.8 Å². The SMILES string of the molecule is Cc1ccc2ccc3ccc(C)nc3c2n1.Cc1ccc2ccc3ccc(C)nc3c2n1.Cc1ccc2ccc3ccc(C)nc3c2n1.[Co+3].[O-][Cl+3]([O-])([O-])[O-].[O-][Cl+3]([O-])([O-])[O-].[O-][Cl+3]([O-])([O-])[O-]. The van der Waals surface area contributed by atoms with Crippen LogP contribution in [0.1, 0.15) is 34.2 Å². The molecule has 0 fully saturated rings. The monoisotopic (exact) mass is 980 g/mol. The van der Waals surface area contributed by atoms with Crippen LogP contribution in [0.5, 0.6) is 0 Å². The molecule has 0 saturated carbocycles. The van der Waals surface area contributed by atoms with Gasteiger partial charge in [0.1, 0.15) is 0 Å².